The molecule has 0 aromatic carbocycles. The molecule has 3 rings (SSSR count). The molecule has 0 radical (unpaired) electrons. The Kier molecular flexibility index (Phi) is 4.55. The topological polar surface area (TPSA) is 67.2 Å². The van der Waals surface area contributed by atoms with Crippen LogP contribution in [-0.4, -0.2) is 50.7 Å². The fourth-order valence-corrected chi connectivity index (χ4v) is 3.06. The van der Waals surface area contributed by atoms with Crippen molar-refractivity contribution in [2.45, 2.75) is 19.4 Å². The van der Waals surface area contributed by atoms with E-state index >= 15 is 0 Å². The molecule has 0 aliphatic carbocycles. The number of aromatic nitrogens is 4. The number of aryl methyl sites for hydroxylation is 1. The predicted octanol–water partition coefficient (Wildman–Crippen LogP) is 1.09. The Bertz CT molecular complexity index is 656. The van der Waals surface area contributed by atoms with Crippen molar-refractivity contribution >= 4 is 11.7 Å². The summed E-state index contributed by atoms with van der Waals surface area (Å²) in [4.78, 5) is 25.1. The molecule has 1 fully saturated rings. The van der Waals surface area contributed by atoms with Crippen LogP contribution >= 0.6 is 0 Å². The molecule has 1 aliphatic heterocycles. The summed E-state index contributed by atoms with van der Waals surface area (Å²) in [6.07, 6.45) is 10.8. The molecule has 2 aromatic rings. The van der Waals surface area contributed by atoms with Crippen LogP contribution in [-0.2, 0) is 18.4 Å². The largest absolute Gasteiger partial charge is 0.355 e. The van der Waals surface area contributed by atoms with Gasteiger partial charge in [0.05, 0.1) is 18.3 Å². The van der Waals surface area contributed by atoms with Crippen LogP contribution in [0.5, 0.6) is 0 Å². The van der Waals surface area contributed by atoms with E-state index in [9.17, 15) is 4.79 Å². The zero-order chi connectivity index (χ0) is 16.2. The number of carbonyl (C=O) groups excluding carboxylic acids is 1. The maximum absolute atomic E-state index is 12.7. The van der Waals surface area contributed by atoms with E-state index in [1.54, 1.807) is 34.4 Å². The summed E-state index contributed by atoms with van der Waals surface area (Å²) in [5, 5.41) is 4.15. The van der Waals surface area contributed by atoms with Gasteiger partial charge in [-0.1, -0.05) is 0 Å². The third-order valence-electron chi connectivity index (χ3n) is 4.20. The fraction of sp³-hybridized carbons (Fsp3) is 0.500. The first-order valence-corrected chi connectivity index (χ1v) is 7.87. The van der Waals surface area contributed by atoms with Crippen molar-refractivity contribution in [2.75, 3.05) is 25.0 Å². The standard InChI is InChI=1S/C16H22N6O/c1-20(10-13-8-19-21(2)11-13)16(23)14-4-3-7-22(12-14)15-9-17-5-6-18-15/h5-6,8-9,11,14H,3-4,7,10,12H2,1-2H3. The van der Waals surface area contributed by atoms with Crippen LogP contribution in [0, 0.1) is 5.92 Å². The highest BCUT2D eigenvalue weighted by Crippen LogP contribution is 2.22. The molecule has 7 nitrogen and oxygen atoms in total. The highest BCUT2D eigenvalue weighted by atomic mass is 16.2. The molecule has 1 unspecified atom stereocenters. The zero-order valence-corrected chi connectivity index (χ0v) is 13.6. The van der Waals surface area contributed by atoms with Crippen LogP contribution < -0.4 is 4.90 Å². The Balaban J connectivity index is 1.62. The first kappa shape index (κ1) is 15.5. The molecule has 0 N–H and O–H groups in total. The van der Waals surface area contributed by atoms with Gasteiger partial charge in [-0.3, -0.25) is 14.5 Å². The Morgan fingerprint density at radius 1 is 1.39 bits per heavy atom. The number of anilines is 1. The highest BCUT2D eigenvalue weighted by Gasteiger charge is 2.28. The number of hydrogen-bond donors (Lipinski definition) is 0. The monoisotopic (exact) mass is 314 g/mol. The van der Waals surface area contributed by atoms with Crippen molar-refractivity contribution in [2.24, 2.45) is 13.0 Å². The normalized spacial score (nSPS) is 18.0. The summed E-state index contributed by atoms with van der Waals surface area (Å²) in [5.74, 6) is 1.04. The van der Waals surface area contributed by atoms with Crippen molar-refractivity contribution in [3.63, 3.8) is 0 Å². The van der Waals surface area contributed by atoms with E-state index in [0.29, 0.717) is 13.1 Å². The van der Waals surface area contributed by atoms with Crippen molar-refractivity contribution in [3.05, 3.63) is 36.5 Å². The molecule has 0 saturated carbocycles. The fourth-order valence-electron chi connectivity index (χ4n) is 3.06. The summed E-state index contributed by atoms with van der Waals surface area (Å²) < 4.78 is 1.75. The second-order valence-corrected chi connectivity index (χ2v) is 6.07. The van der Waals surface area contributed by atoms with Crippen LogP contribution in [0.15, 0.2) is 31.0 Å². The predicted molar refractivity (Wildman–Crippen MR) is 86.7 cm³/mol. The molecular formula is C16H22N6O. The molecule has 1 saturated heterocycles. The highest BCUT2D eigenvalue weighted by molar-refractivity contribution is 5.79. The van der Waals surface area contributed by atoms with E-state index in [-0.39, 0.29) is 11.8 Å². The molecular weight excluding hydrogens is 292 g/mol. The lowest BCUT2D eigenvalue weighted by Gasteiger charge is -2.34. The molecule has 23 heavy (non-hydrogen) atoms. The van der Waals surface area contributed by atoms with Gasteiger partial charge in [-0.15, -0.1) is 0 Å². The minimum atomic E-state index is 0.00688. The second-order valence-electron chi connectivity index (χ2n) is 6.07. The molecule has 122 valence electrons. The number of hydrogen-bond acceptors (Lipinski definition) is 5. The third-order valence-corrected chi connectivity index (χ3v) is 4.20. The van der Waals surface area contributed by atoms with Crippen molar-refractivity contribution in [1.29, 1.82) is 0 Å². The lowest BCUT2D eigenvalue weighted by atomic mass is 9.96. The van der Waals surface area contributed by atoms with Crippen LogP contribution in [0.4, 0.5) is 5.82 Å². The van der Waals surface area contributed by atoms with Crippen LogP contribution in [0.2, 0.25) is 0 Å². The molecule has 1 amide bonds. The van der Waals surface area contributed by atoms with E-state index in [4.69, 9.17) is 0 Å². The van der Waals surface area contributed by atoms with E-state index in [0.717, 1.165) is 30.8 Å². The van der Waals surface area contributed by atoms with Gasteiger partial charge in [-0.25, -0.2) is 4.98 Å². The van der Waals surface area contributed by atoms with Crippen LogP contribution in [0.3, 0.4) is 0 Å². The van der Waals surface area contributed by atoms with E-state index in [1.807, 2.05) is 20.3 Å². The zero-order valence-electron chi connectivity index (χ0n) is 13.6. The Morgan fingerprint density at radius 3 is 2.96 bits per heavy atom. The summed E-state index contributed by atoms with van der Waals surface area (Å²) in [7, 11) is 3.74. The number of rotatable bonds is 4. The summed E-state index contributed by atoms with van der Waals surface area (Å²) in [6.45, 7) is 2.22. The number of piperidine rings is 1. The first-order valence-electron chi connectivity index (χ1n) is 7.87. The Morgan fingerprint density at radius 2 is 2.26 bits per heavy atom. The van der Waals surface area contributed by atoms with Gasteiger partial charge in [0.2, 0.25) is 5.91 Å². The molecule has 3 heterocycles. The molecule has 1 aliphatic rings. The summed E-state index contributed by atoms with van der Waals surface area (Å²) in [6, 6.07) is 0. The number of carbonyl (C=O) groups is 1. The lowest BCUT2D eigenvalue weighted by molar-refractivity contribution is -0.135. The quantitative estimate of drug-likeness (QED) is 0.845. The summed E-state index contributed by atoms with van der Waals surface area (Å²) in [5.41, 5.74) is 1.05. The van der Waals surface area contributed by atoms with Gasteiger partial charge in [-0.05, 0) is 12.8 Å². The average molecular weight is 314 g/mol. The molecule has 0 spiro atoms. The van der Waals surface area contributed by atoms with E-state index < -0.39 is 0 Å². The van der Waals surface area contributed by atoms with Gasteiger partial charge in [0.15, 0.2) is 0 Å². The SMILES string of the molecule is CN(Cc1cnn(C)c1)C(=O)C1CCCN(c2cnccn2)C1. The number of amides is 1. The lowest BCUT2D eigenvalue weighted by Crippen LogP contribution is -2.43. The van der Waals surface area contributed by atoms with Crippen LogP contribution in [0.25, 0.3) is 0 Å². The van der Waals surface area contributed by atoms with E-state index in [1.165, 1.54) is 0 Å². The van der Waals surface area contributed by atoms with Gasteiger partial charge >= 0.3 is 0 Å². The van der Waals surface area contributed by atoms with Gasteiger partial charge < -0.3 is 9.80 Å². The maximum Gasteiger partial charge on any atom is 0.227 e. The first-order chi connectivity index (χ1) is 11.1. The minimum absolute atomic E-state index is 0.00688. The Hall–Kier alpha value is -2.44. The van der Waals surface area contributed by atoms with Crippen molar-refractivity contribution in [3.8, 4) is 0 Å². The summed E-state index contributed by atoms with van der Waals surface area (Å²) >= 11 is 0. The second kappa shape index (κ2) is 6.76. The molecule has 0 bridgehead atoms. The van der Waals surface area contributed by atoms with Gasteiger partial charge in [0.25, 0.3) is 0 Å². The molecule has 1 atom stereocenters. The Labute approximate surface area is 135 Å². The average Bonchev–Trinajstić information content (AvgIpc) is 3.00. The van der Waals surface area contributed by atoms with Crippen LogP contribution in [0.1, 0.15) is 18.4 Å². The molecule has 7 heteroatoms. The maximum atomic E-state index is 12.7. The van der Waals surface area contributed by atoms with Gasteiger partial charge in [0.1, 0.15) is 5.82 Å². The smallest absolute Gasteiger partial charge is 0.227 e. The van der Waals surface area contributed by atoms with Crippen molar-refractivity contribution < 1.29 is 4.79 Å². The third kappa shape index (κ3) is 3.67. The van der Waals surface area contributed by atoms with Crippen molar-refractivity contribution in [1.82, 2.24) is 24.6 Å². The van der Waals surface area contributed by atoms with E-state index in [2.05, 4.69) is 20.0 Å². The minimum Gasteiger partial charge on any atom is -0.355 e. The van der Waals surface area contributed by atoms with Gasteiger partial charge in [0, 0.05) is 57.9 Å². The molecule has 2 aromatic heterocycles. The van der Waals surface area contributed by atoms with Gasteiger partial charge in [-0.2, -0.15) is 5.10 Å². The number of nitrogens with zero attached hydrogens (tertiary/aromatic N) is 6.